The first-order chi connectivity index (χ1) is 13.8. The van der Waals surface area contributed by atoms with Gasteiger partial charge >= 0.3 is 5.97 Å². The maximum Gasteiger partial charge on any atom is 0.330 e. The van der Waals surface area contributed by atoms with Crippen LogP contribution in [-0.4, -0.2) is 46.4 Å². The van der Waals surface area contributed by atoms with Crippen LogP contribution in [-0.2, 0) is 23.9 Å². The number of nitrogens with zero attached hydrogens (tertiary/aromatic N) is 2. The van der Waals surface area contributed by atoms with Crippen LogP contribution in [0.3, 0.4) is 0 Å². The minimum atomic E-state index is -1.03. The molecule has 2 saturated carbocycles. The first-order valence-corrected chi connectivity index (χ1v) is 10.0. The van der Waals surface area contributed by atoms with Gasteiger partial charge in [0.2, 0.25) is 11.8 Å². The molecule has 0 spiro atoms. The number of amides is 3. The summed E-state index contributed by atoms with van der Waals surface area (Å²) in [5, 5.41) is 6.09. The SMILES string of the molecule is Cc1cc(NC(=O)COC(=O)[C@@H](C(C)C)N2C(=O)[C@H]3[C@@H]4CC[C@@H](C4)[C@@H]3C2=O)no1. The standard InChI is InChI=1S/C20H25N3O6/c1-9(2)17(20(27)28-8-14(24)21-13-6-10(3)29-22-13)23-18(25)15-11-4-5-12(7-11)16(15)19(23)26/h6,9,11-12,15-17H,4-5,7-8H2,1-3H3,(H,21,22,24)/t11-,12+,15-,16-,17+/m0/s1. The number of carbonyl (C=O) groups is 4. The third-order valence-corrected chi connectivity index (χ3v) is 6.35. The fourth-order valence-corrected chi connectivity index (χ4v) is 5.21. The summed E-state index contributed by atoms with van der Waals surface area (Å²) in [4.78, 5) is 51.9. The van der Waals surface area contributed by atoms with Gasteiger partial charge in [-0.3, -0.25) is 19.3 Å². The van der Waals surface area contributed by atoms with E-state index in [0.29, 0.717) is 5.76 Å². The Morgan fingerprint density at radius 2 is 1.86 bits per heavy atom. The summed E-state index contributed by atoms with van der Waals surface area (Å²) >= 11 is 0. The van der Waals surface area contributed by atoms with E-state index in [2.05, 4.69) is 10.5 Å². The van der Waals surface area contributed by atoms with Crippen molar-refractivity contribution in [3.8, 4) is 0 Å². The van der Waals surface area contributed by atoms with Crippen molar-refractivity contribution >= 4 is 29.5 Å². The van der Waals surface area contributed by atoms with E-state index in [1.165, 1.54) is 6.07 Å². The maximum absolute atomic E-state index is 13.0. The number of likely N-dealkylation sites (tertiary alicyclic amines) is 1. The number of fused-ring (bicyclic) bond motifs is 5. The van der Waals surface area contributed by atoms with Gasteiger partial charge in [0, 0.05) is 6.07 Å². The van der Waals surface area contributed by atoms with E-state index in [1.54, 1.807) is 20.8 Å². The van der Waals surface area contributed by atoms with Crippen molar-refractivity contribution in [2.24, 2.45) is 29.6 Å². The molecule has 1 saturated heterocycles. The number of rotatable bonds is 6. The predicted molar refractivity (Wildman–Crippen MR) is 99.1 cm³/mol. The number of carbonyl (C=O) groups excluding carboxylic acids is 4. The van der Waals surface area contributed by atoms with E-state index in [0.717, 1.165) is 24.2 Å². The number of hydrogen-bond donors (Lipinski definition) is 1. The van der Waals surface area contributed by atoms with Crippen molar-refractivity contribution in [2.45, 2.75) is 46.1 Å². The summed E-state index contributed by atoms with van der Waals surface area (Å²) in [6.07, 6.45) is 2.87. The fraction of sp³-hybridized carbons (Fsp3) is 0.650. The highest BCUT2D eigenvalue weighted by Gasteiger charge is 2.62. The Balaban J connectivity index is 1.42. The zero-order valence-corrected chi connectivity index (χ0v) is 16.7. The number of anilines is 1. The molecule has 2 aliphatic carbocycles. The second-order valence-corrected chi connectivity index (χ2v) is 8.60. The van der Waals surface area contributed by atoms with Gasteiger partial charge in [0.1, 0.15) is 11.8 Å². The van der Waals surface area contributed by atoms with Crippen molar-refractivity contribution in [3.05, 3.63) is 11.8 Å². The average Bonchev–Trinajstić information content (AvgIpc) is 3.41. The van der Waals surface area contributed by atoms with Gasteiger partial charge in [0.15, 0.2) is 12.4 Å². The monoisotopic (exact) mass is 403 g/mol. The van der Waals surface area contributed by atoms with Gasteiger partial charge in [-0.1, -0.05) is 19.0 Å². The molecule has 9 heteroatoms. The molecule has 1 aliphatic heterocycles. The van der Waals surface area contributed by atoms with Crippen LogP contribution < -0.4 is 5.32 Å². The van der Waals surface area contributed by atoms with Gasteiger partial charge in [-0.2, -0.15) is 0 Å². The molecule has 3 fully saturated rings. The Morgan fingerprint density at radius 1 is 1.24 bits per heavy atom. The molecular weight excluding hydrogens is 378 g/mol. The van der Waals surface area contributed by atoms with Gasteiger partial charge in [-0.15, -0.1) is 0 Å². The molecular formula is C20H25N3O6. The van der Waals surface area contributed by atoms with Crippen LogP contribution in [0.25, 0.3) is 0 Å². The molecule has 3 amide bonds. The van der Waals surface area contributed by atoms with Crippen LogP contribution in [0.1, 0.15) is 38.9 Å². The molecule has 1 aromatic rings. The summed E-state index contributed by atoms with van der Waals surface area (Å²) in [5.41, 5.74) is 0. The minimum Gasteiger partial charge on any atom is -0.454 e. The number of ether oxygens (including phenoxy) is 1. The van der Waals surface area contributed by atoms with Gasteiger partial charge in [0.25, 0.3) is 5.91 Å². The van der Waals surface area contributed by atoms with Crippen LogP contribution in [0.15, 0.2) is 10.6 Å². The minimum absolute atomic E-state index is 0.220. The van der Waals surface area contributed by atoms with E-state index >= 15 is 0 Å². The van der Waals surface area contributed by atoms with Gasteiger partial charge in [-0.05, 0) is 43.9 Å². The van der Waals surface area contributed by atoms with E-state index in [-0.39, 0.29) is 47.2 Å². The highest BCUT2D eigenvalue weighted by Crippen LogP contribution is 2.56. The highest BCUT2D eigenvalue weighted by atomic mass is 16.5. The third-order valence-electron chi connectivity index (χ3n) is 6.35. The lowest BCUT2D eigenvalue weighted by Gasteiger charge is -2.28. The largest absolute Gasteiger partial charge is 0.454 e. The number of hydrogen-bond acceptors (Lipinski definition) is 7. The molecule has 0 aromatic carbocycles. The van der Waals surface area contributed by atoms with E-state index in [1.807, 2.05) is 0 Å². The predicted octanol–water partition coefficient (Wildman–Crippen LogP) is 1.52. The summed E-state index contributed by atoms with van der Waals surface area (Å²) < 4.78 is 10.0. The first-order valence-electron chi connectivity index (χ1n) is 10.0. The number of esters is 1. The maximum atomic E-state index is 13.0. The Bertz CT molecular complexity index is 834. The van der Waals surface area contributed by atoms with Crippen LogP contribution in [0.2, 0.25) is 0 Å². The quantitative estimate of drug-likeness (QED) is 0.565. The van der Waals surface area contributed by atoms with E-state index in [9.17, 15) is 19.2 Å². The highest BCUT2D eigenvalue weighted by molar-refractivity contribution is 6.08. The van der Waals surface area contributed by atoms with Crippen molar-refractivity contribution in [3.63, 3.8) is 0 Å². The smallest absolute Gasteiger partial charge is 0.330 e. The van der Waals surface area contributed by atoms with Gasteiger partial charge < -0.3 is 14.6 Å². The van der Waals surface area contributed by atoms with Gasteiger partial charge in [-0.25, -0.2) is 4.79 Å². The average molecular weight is 403 g/mol. The summed E-state index contributed by atoms with van der Waals surface area (Å²) in [7, 11) is 0. The van der Waals surface area contributed by atoms with Crippen LogP contribution in [0.5, 0.6) is 0 Å². The number of imide groups is 1. The lowest BCUT2D eigenvalue weighted by Crippen LogP contribution is -2.50. The van der Waals surface area contributed by atoms with Crippen molar-refractivity contribution in [1.82, 2.24) is 10.1 Å². The molecule has 2 heterocycles. The molecule has 1 N–H and O–H groups in total. The molecule has 3 aliphatic rings. The summed E-state index contributed by atoms with van der Waals surface area (Å²) in [5.74, 6) is -1.53. The molecule has 9 nitrogen and oxygen atoms in total. The molecule has 0 radical (unpaired) electrons. The van der Waals surface area contributed by atoms with Crippen molar-refractivity contribution in [1.29, 1.82) is 0 Å². The molecule has 29 heavy (non-hydrogen) atoms. The molecule has 156 valence electrons. The second kappa shape index (κ2) is 7.27. The van der Waals surface area contributed by atoms with Crippen molar-refractivity contribution < 1.29 is 28.4 Å². The van der Waals surface area contributed by atoms with Crippen LogP contribution >= 0.6 is 0 Å². The van der Waals surface area contributed by atoms with E-state index in [4.69, 9.17) is 9.26 Å². The summed E-state index contributed by atoms with van der Waals surface area (Å²) in [6, 6.07) is 0.507. The molecule has 0 unspecified atom stereocenters. The zero-order valence-electron chi connectivity index (χ0n) is 16.7. The Morgan fingerprint density at radius 3 is 2.38 bits per heavy atom. The third kappa shape index (κ3) is 3.32. The lowest BCUT2D eigenvalue weighted by atomic mass is 9.81. The van der Waals surface area contributed by atoms with E-state index < -0.39 is 24.5 Å². The Hall–Kier alpha value is -2.71. The number of aromatic nitrogens is 1. The number of aryl methyl sites for hydroxylation is 1. The molecule has 2 bridgehead atoms. The molecule has 4 rings (SSSR count). The molecule has 1 aromatic heterocycles. The molecule has 5 atom stereocenters. The Labute approximate surface area is 168 Å². The topological polar surface area (TPSA) is 119 Å². The zero-order chi connectivity index (χ0) is 20.9. The first kappa shape index (κ1) is 19.6. The van der Waals surface area contributed by atoms with Crippen LogP contribution in [0.4, 0.5) is 5.82 Å². The van der Waals surface area contributed by atoms with Crippen LogP contribution in [0, 0.1) is 36.5 Å². The lowest BCUT2D eigenvalue weighted by molar-refractivity contribution is -0.162. The normalized spacial score (nSPS) is 28.8. The Kier molecular flexibility index (Phi) is 4.92. The fourth-order valence-electron chi connectivity index (χ4n) is 5.21. The second-order valence-electron chi connectivity index (χ2n) is 8.60. The number of nitrogens with one attached hydrogen (secondary N) is 1. The van der Waals surface area contributed by atoms with Gasteiger partial charge in [0.05, 0.1) is 11.8 Å². The summed E-state index contributed by atoms with van der Waals surface area (Å²) in [6.45, 7) is 4.66. The van der Waals surface area contributed by atoms with Crippen molar-refractivity contribution in [2.75, 3.05) is 11.9 Å².